The number of rotatable bonds is 9. The molecule has 0 saturated heterocycles. The summed E-state index contributed by atoms with van der Waals surface area (Å²) in [6.07, 6.45) is 2.45. The van der Waals surface area contributed by atoms with E-state index in [0.717, 1.165) is 16.7 Å². The average Bonchev–Trinajstić information content (AvgIpc) is 3.15. The number of Topliss-reactive ketones (excluding diaryl/α,β-unsaturated/α-hetero) is 1. The molecule has 0 bridgehead atoms. The molecule has 4 rings (SSSR count). The van der Waals surface area contributed by atoms with E-state index in [1.54, 1.807) is 29.7 Å². The van der Waals surface area contributed by atoms with Crippen molar-refractivity contribution < 1.29 is 28.6 Å². The van der Waals surface area contributed by atoms with E-state index < -0.39 is 24.3 Å². The zero-order valence-corrected chi connectivity index (χ0v) is 19.7. The molecule has 1 amide bonds. The average molecular weight is 490 g/mol. The second-order valence-electron chi connectivity index (χ2n) is 8.28. The van der Waals surface area contributed by atoms with Crippen LogP contribution in [0.3, 0.4) is 0 Å². The number of carbonyl (C=O) groups is 3. The van der Waals surface area contributed by atoms with Crippen LogP contribution in [0.5, 0.6) is 5.88 Å². The smallest absolute Gasteiger partial charge is 0.341 e. The Morgan fingerprint density at radius 1 is 1.11 bits per heavy atom. The van der Waals surface area contributed by atoms with Gasteiger partial charge in [0.2, 0.25) is 5.88 Å². The highest BCUT2D eigenvalue weighted by atomic mass is 19.1. The highest BCUT2D eigenvalue weighted by Crippen LogP contribution is 2.34. The summed E-state index contributed by atoms with van der Waals surface area (Å²) in [4.78, 5) is 40.4. The minimum absolute atomic E-state index is 0.0483. The Bertz CT molecular complexity index is 1490. The normalized spacial score (nSPS) is 11.0. The van der Waals surface area contributed by atoms with E-state index in [-0.39, 0.29) is 22.8 Å². The van der Waals surface area contributed by atoms with Gasteiger partial charge in [-0.2, -0.15) is 0 Å². The van der Waals surface area contributed by atoms with Crippen molar-refractivity contribution in [3.05, 3.63) is 88.6 Å². The first-order valence-corrected chi connectivity index (χ1v) is 11.3. The minimum atomic E-state index is -1.21. The summed E-state index contributed by atoms with van der Waals surface area (Å²) >= 11 is 0. The van der Waals surface area contributed by atoms with Crippen LogP contribution in [0, 0.1) is 12.7 Å². The van der Waals surface area contributed by atoms with Gasteiger partial charge in [-0.25, -0.2) is 14.2 Å². The molecule has 0 aliphatic heterocycles. The number of ketones is 1. The lowest BCUT2D eigenvalue weighted by Gasteiger charge is -2.13. The number of carboxylic acid groups (broad SMARTS) is 1. The van der Waals surface area contributed by atoms with Crippen LogP contribution in [-0.2, 0) is 22.4 Å². The molecule has 2 aromatic carbocycles. The molecule has 2 aromatic heterocycles. The van der Waals surface area contributed by atoms with E-state index in [4.69, 9.17) is 15.6 Å². The van der Waals surface area contributed by atoms with Crippen LogP contribution in [-0.4, -0.2) is 38.8 Å². The summed E-state index contributed by atoms with van der Waals surface area (Å²) in [6, 6.07) is 13.8. The molecular formula is C27H24FN3O5. The summed E-state index contributed by atoms with van der Waals surface area (Å²) in [6.45, 7) is 2.89. The fourth-order valence-corrected chi connectivity index (χ4v) is 4.41. The zero-order chi connectivity index (χ0) is 26.0. The molecule has 0 unspecified atom stereocenters. The second-order valence-corrected chi connectivity index (χ2v) is 8.28. The molecule has 0 atom stereocenters. The highest BCUT2D eigenvalue weighted by Gasteiger charge is 2.29. The molecule has 0 aliphatic rings. The SMILES string of the molecule is CCc1c(C(=O)C(N)=O)c2c(OCC(=O)O)nc(C)cn2c1Cc1ccccc1-c1ccc(F)cc1. The number of nitrogens with zero attached hydrogens (tertiary/aromatic N) is 2. The Balaban J connectivity index is 1.97. The third kappa shape index (κ3) is 4.68. The Morgan fingerprint density at radius 2 is 1.81 bits per heavy atom. The van der Waals surface area contributed by atoms with Gasteiger partial charge in [0.25, 0.3) is 11.7 Å². The topological polar surface area (TPSA) is 124 Å². The molecule has 0 radical (unpaired) electrons. The number of fused-ring (bicyclic) bond motifs is 1. The molecule has 0 spiro atoms. The summed E-state index contributed by atoms with van der Waals surface area (Å²) in [5, 5.41) is 9.12. The van der Waals surface area contributed by atoms with Crippen molar-refractivity contribution in [3.63, 3.8) is 0 Å². The van der Waals surface area contributed by atoms with Gasteiger partial charge < -0.3 is 20.0 Å². The highest BCUT2D eigenvalue weighted by molar-refractivity contribution is 6.44. The lowest BCUT2D eigenvalue weighted by Crippen LogP contribution is -2.24. The van der Waals surface area contributed by atoms with E-state index in [2.05, 4.69) is 4.98 Å². The van der Waals surface area contributed by atoms with Crippen molar-refractivity contribution in [2.45, 2.75) is 26.7 Å². The number of hydrogen-bond acceptors (Lipinski definition) is 5. The van der Waals surface area contributed by atoms with E-state index >= 15 is 0 Å². The number of nitrogens with two attached hydrogens (primary N) is 1. The van der Waals surface area contributed by atoms with Gasteiger partial charge in [-0.1, -0.05) is 43.3 Å². The van der Waals surface area contributed by atoms with Crippen molar-refractivity contribution in [1.82, 2.24) is 9.38 Å². The Hall–Kier alpha value is -4.53. The lowest BCUT2D eigenvalue weighted by atomic mass is 9.94. The van der Waals surface area contributed by atoms with E-state index in [0.29, 0.717) is 29.8 Å². The largest absolute Gasteiger partial charge is 0.479 e. The summed E-state index contributed by atoms with van der Waals surface area (Å²) in [5.41, 5.74) is 10.0. The van der Waals surface area contributed by atoms with Crippen molar-refractivity contribution in [1.29, 1.82) is 0 Å². The number of benzene rings is 2. The first-order chi connectivity index (χ1) is 17.2. The molecule has 0 aliphatic carbocycles. The maximum atomic E-state index is 13.5. The van der Waals surface area contributed by atoms with Crippen LogP contribution in [0.4, 0.5) is 4.39 Å². The lowest BCUT2D eigenvalue weighted by molar-refractivity contribution is -0.139. The number of halogens is 1. The summed E-state index contributed by atoms with van der Waals surface area (Å²) in [7, 11) is 0. The van der Waals surface area contributed by atoms with Crippen LogP contribution < -0.4 is 10.5 Å². The molecular weight excluding hydrogens is 465 g/mol. The molecule has 8 nitrogen and oxygen atoms in total. The third-order valence-electron chi connectivity index (χ3n) is 5.88. The molecule has 2 heterocycles. The predicted octanol–water partition coefficient (Wildman–Crippen LogP) is 3.73. The van der Waals surface area contributed by atoms with E-state index in [1.807, 2.05) is 31.2 Å². The third-order valence-corrected chi connectivity index (χ3v) is 5.88. The van der Waals surface area contributed by atoms with Crippen molar-refractivity contribution >= 4 is 23.2 Å². The van der Waals surface area contributed by atoms with Gasteiger partial charge in [-0.15, -0.1) is 0 Å². The molecule has 9 heteroatoms. The molecule has 184 valence electrons. The zero-order valence-electron chi connectivity index (χ0n) is 19.7. The van der Waals surface area contributed by atoms with Crippen molar-refractivity contribution in [2.24, 2.45) is 5.73 Å². The monoisotopic (exact) mass is 489 g/mol. The number of aryl methyl sites for hydroxylation is 1. The Kier molecular flexibility index (Phi) is 6.82. The van der Waals surface area contributed by atoms with Crippen LogP contribution in [0.25, 0.3) is 16.6 Å². The summed E-state index contributed by atoms with van der Waals surface area (Å²) < 4.78 is 20.7. The van der Waals surface area contributed by atoms with Crippen LogP contribution in [0.2, 0.25) is 0 Å². The molecule has 4 aromatic rings. The Morgan fingerprint density at radius 3 is 2.44 bits per heavy atom. The number of aromatic nitrogens is 2. The van der Waals surface area contributed by atoms with Gasteiger partial charge in [0.05, 0.1) is 11.3 Å². The van der Waals surface area contributed by atoms with Gasteiger partial charge in [-0.05, 0) is 47.7 Å². The second kappa shape index (κ2) is 9.99. The number of ether oxygens (including phenoxy) is 1. The minimum Gasteiger partial charge on any atom is -0.479 e. The number of carbonyl (C=O) groups excluding carboxylic acids is 2. The van der Waals surface area contributed by atoms with Crippen LogP contribution >= 0.6 is 0 Å². The molecule has 0 saturated carbocycles. The number of amides is 1. The van der Waals surface area contributed by atoms with E-state index in [9.17, 15) is 18.8 Å². The van der Waals surface area contributed by atoms with Crippen molar-refractivity contribution in [2.75, 3.05) is 6.61 Å². The van der Waals surface area contributed by atoms with Gasteiger partial charge >= 0.3 is 5.97 Å². The van der Waals surface area contributed by atoms with E-state index in [1.165, 1.54) is 12.1 Å². The number of hydrogen-bond donors (Lipinski definition) is 2. The maximum Gasteiger partial charge on any atom is 0.341 e. The fraction of sp³-hybridized carbons (Fsp3) is 0.185. The number of carboxylic acids is 1. The van der Waals surface area contributed by atoms with Crippen molar-refractivity contribution in [3.8, 4) is 17.0 Å². The molecule has 3 N–H and O–H groups in total. The predicted molar refractivity (Wildman–Crippen MR) is 131 cm³/mol. The maximum absolute atomic E-state index is 13.5. The number of aliphatic carboxylic acids is 1. The van der Waals surface area contributed by atoms with Gasteiger partial charge in [0.15, 0.2) is 6.61 Å². The summed E-state index contributed by atoms with van der Waals surface area (Å²) in [5.74, 6) is -3.67. The van der Waals surface area contributed by atoms with Gasteiger partial charge in [0, 0.05) is 18.3 Å². The fourth-order valence-electron chi connectivity index (χ4n) is 4.41. The van der Waals surface area contributed by atoms with Crippen LogP contribution in [0.15, 0.2) is 54.7 Å². The first kappa shape index (κ1) is 24.6. The quantitative estimate of drug-likeness (QED) is 0.273. The van der Waals surface area contributed by atoms with Gasteiger partial charge in [-0.3, -0.25) is 9.59 Å². The van der Waals surface area contributed by atoms with Crippen LogP contribution in [0.1, 0.15) is 39.8 Å². The Labute approximate surface area is 206 Å². The molecule has 0 fully saturated rings. The first-order valence-electron chi connectivity index (χ1n) is 11.3. The number of primary amides is 1. The van der Waals surface area contributed by atoms with Gasteiger partial charge in [0.1, 0.15) is 11.3 Å². The standard InChI is InChI=1S/C27H24FN3O5/c1-3-19-21(12-17-6-4-5-7-20(17)16-8-10-18(28)11-9-16)31-13-15(2)30-27(36-14-22(32)33)24(31)23(19)25(34)26(29)35/h4-11,13H,3,12,14H2,1-2H3,(H2,29,35)(H,32,33). The molecule has 36 heavy (non-hydrogen) atoms.